The lowest BCUT2D eigenvalue weighted by Gasteiger charge is -1.91. The molecule has 0 saturated heterocycles. The highest BCUT2D eigenvalue weighted by atomic mass is 127. The van der Waals surface area contributed by atoms with E-state index < -0.39 is 0 Å². The maximum absolute atomic E-state index is 6.67. The molecule has 0 unspecified atom stereocenters. The van der Waals surface area contributed by atoms with Crippen molar-refractivity contribution in [2.75, 3.05) is 0 Å². The van der Waals surface area contributed by atoms with Gasteiger partial charge in [-0.05, 0) is 13.0 Å². The smallest absolute Gasteiger partial charge is 0.270 e. The standard InChI is InChI=1S/C7H5IN2/c1-5-3-4-6(9-2)10-7(5)8/h3-4H,1H3. The van der Waals surface area contributed by atoms with E-state index in [1.807, 2.05) is 13.0 Å². The van der Waals surface area contributed by atoms with Crippen LogP contribution in [0.25, 0.3) is 4.85 Å². The van der Waals surface area contributed by atoms with Crippen molar-refractivity contribution in [2.24, 2.45) is 0 Å². The summed E-state index contributed by atoms with van der Waals surface area (Å²) in [5, 5.41) is 0. The fourth-order valence-corrected chi connectivity index (χ4v) is 0.984. The van der Waals surface area contributed by atoms with Gasteiger partial charge in [0.25, 0.3) is 5.82 Å². The summed E-state index contributed by atoms with van der Waals surface area (Å²) in [6.07, 6.45) is 0. The third-order valence-corrected chi connectivity index (χ3v) is 2.23. The normalized spacial score (nSPS) is 8.90. The number of halogens is 1. The SMILES string of the molecule is [C-]#[N+]c1ccc(C)c(I)n1. The highest BCUT2D eigenvalue weighted by molar-refractivity contribution is 14.1. The minimum absolute atomic E-state index is 0.468. The van der Waals surface area contributed by atoms with Gasteiger partial charge in [0.2, 0.25) is 0 Å². The van der Waals surface area contributed by atoms with Crippen molar-refractivity contribution in [3.8, 4) is 0 Å². The molecule has 10 heavy (non-hydrogen) atoms. The zero-order valence-corrected chi connectivity index (χ0v) is 7.58. The van der Waals surface area contributed by atoms with Gasteiger partial charge in [0, 0.05) is 28.2 Å². The number of hydrogen-bond acceptors (Lipinski definition) is 1. The monoisotopic (exact) mass is 244 g/mol. The van der Waals surface area contributed by atoms with Crippen LogP contribution in [0.5, 0.6) is 0 Å². The molecule has 0 atom stereocenters. The number of nitrogens with zero attached hydrogens (tertiary/aromatic N) is 2. The molecule has 0 aromatic carbocycles. The van der Waals surface area contributed by atoms with Crippen LogP contribution in [-0.4, -0.2) is 4.98 Å². The van der Waals surface area contributed by atoms with Gasteiger partial charge in [-0.25, -0.2) is 0 Å². The highest BCUT2D eigenvalue weighted by Crippen LogP contribution is 2.13. The van der Waals surface area contributed by atoms with Gasteiger partial charge < -0.3 is 4.85 Å². The van der Waals surface area contributed by atoms with Crippen molar-refractivity contribution in [2.45, 2.75) is 6.92 Å². The first-order valence-corrected chi connectivity index (χ1v) is 3.82. The molecule has 0 fully saturated rings. The second kappa shape index (κ2) is 2.97. The molecule has 0 aliphatic heterocycles. The molecule has 0 N–H and O–H groups in total. The van der Waals surface area contributed by atoms with Crippen LogP contribution in [0.3, 0.4) is 0 Å². The Morgan fingerprint density at radius 1 is 1.60 bits per heavy atom. The quantitative estimate of drug-likeness (QED) is 0.389. The summed E-state index contributed by atoms with van der Waals surface area (Å²) in [6, 6.07) is 3.63. The van der Waals surface area contributed by atoms with Crippen molar-refractivity contribution < 1.29 is 0 Å². The zero-order valence-electron chi connectivity index (χ0n) is 5.43. The van der Waals surface area contributed by atoms with Gasteiger partial charge in [0.1, 0.15) is 0 Å². The summed E-state index contributed by atoms with van der Waals surface area (Å²) < 4.78 is 0.908. The van der Waals surface area contributed by atoms with Gasteiger partial charge in [-0.3, -0.25) is 0 Å². The average Bonchev–Trinajstić information content (AvgIpc) is 1.95. The lowest BCUT2D eigenvalue weighted by atomic mass is 10.3. The van der Waals surface area contributed by atoms with Crippen molar-refractivity contribution in [3.63, 3.8) is 0 Å². The van der Waals surface area contributed by atoms with E-state index in [0.29, 0.717) is 5.82 Å². The van der Waals surface area contributed by atoms with Crippen LogP contribution in [-0.2, 0) is 0 Å². The molecule has 0 saturated carbocycles. The molecule has 0 bridgehead atoms. The Bertz CT molecular complexity index is 288. The van der Waals surface area contributed by atoms with Crippen molar-refractivity contribution in [1.29, 1.82) is 0 Å². The Labute approximate surface area is 73.2 Å². The fraction of sp³-hybridized carbons (Fsp3) is 0.143. The van der Waals surface area contributed by atoms with E-state index >= 15 is 0 Å². The summed E-state index contributed by atoms with van der Waals surface area (Å²) in [4.78, 5) is 7.23. The van der Waals surface area contributed by atoms with Gasteiger partial charge in [-0.1, -0.05) is 12.6 Å². The zero-order chi connectivity index (χ0) is 7.56. The van der Waals surface area contributed by atoms with Crippen molar-refractivity contribution in [3.05, 3.63) is 32.8 Å². The topological polar surface area (TPSA) is 17.2 Å². The second-order valence-corrected chi connectivity index (χ2v) is 2.91. The summed E-state index contributed by atoms with van der Waals surface area (Å²) >= 11 is 2.12. The fourth-order valence-electron chi connectivity index (χ4n) is 0.557. The number of pyridine rings is 1. The molecule has 3 heteroatoms. The van der Waals surface area contributed by atoms with Crippen LogP contribution in [0.4, 0.5) is 5.82 Å². The van der Waals surface area contributed by atoms with E-state index in [1.54, 1.807) is 6.07 Å². The predicted octanol–water partition coefficient (Wildman–Crippen LogP) is 2.55. The Morgan fingerprint density at radius 3 is 2.80 bits per heavy atom. The Kier molecular flexibility index (Phi) is 2.22. The summed E-state index contributed by atoms with van der Waals surface area (Å²) in [5.74, 6) is 0.468. The molecule has 0 amide bonds. The van der Waals surface area contributed by atoms with Crippen molar-refractivity contribution in [1.82, 2.24) is 4.98 Å². The Hall–Kier alpha value is -0.630. The maximum atomic E-state index is 6.67. The molecule has 1 heterocycles. The van der Waals surface area contributed by atoms with Crippen LogP contribution < -0.4 is 0 Å². The van der Waals surface area contributed by atoms with Crippen LogP contribution in [0, 0.1) is 17.2 Å². The van der Waals surface area contributed by atoms with Gasteiger partial charge in [-0.2, -0.15) is 0 Å². The van der Waals surface area contributed by atoms with E-state index in [4.69, 9.17) is 6.57 Å². The minimum Gasteiger partial charge on any atom is -0.361 e. The van der Waals surface area contributed by atoms with Gasteiger partial charge >= 0.3 is 0 Å². The average molecular weight is 244 g/mol. The van der Waals surface area contributed by atoms with Crippen LogP contribution in [0.1, 0.15) is 5.56 Å². The number of aryl methyl sites for hydroxylation is 1. The number of hydrogen-bond donors (Lipinski definition) is 0. The molecule has 1 aromatic heterocycles. The summed E-state index contributed by atoms with van der Waals surface area (Å²) in [5.41, 5.74) is 1.12. The van der Waals surface area contributed by atoms with Crippen LogP contribution >= 0.6 is 22.6 Å². The Balaban J connectivity index is 3.20. The van der Waals surface area contributed by atoms with Crippen LogP contribution in [0.15, 0.2) is 12.1 Å². The first-order valence-electron chi connectivity index (χ1n) is 2.74. The van der Waals surface area contributed by atoms with Gasteiger partial charge in [0.05, 0.1) is 0 Å². The molecular formula is C7H5IN2. The van der Waals surface area contributed by atoms with E-state index in [9.17, 15) is 0 Å². The van der Waals surface area contributed by atoms with Gasteiger partial charge in [-0.15, -0.1) is 4.98 Å². The second-order valence-electron chi connectivity index (χ2n) is 1.89. The number of rotatable bonds is 0. The van der Waals surface area contributed by atoms with Crippen molar-refractivity contribution >= 4 is 28.4 Å². The molecule has 50 valence electrons. The third kappa shape index (κ3) is 1.45. The molecule has 0 spiro atoms. The molecule has 0 radical (unpaired) electrons. The lowest BCUT2D eigenvalue weighted by Crippen LogP contribution is -1.82. The molecule has 0 aliphatic carbocycles. The molecule has 1 rings (SSSR count). The van der Waals surface area contributed by atoms with Gasteiger partial charge in [0.15, 0.2) is 3.70 Å². The summed E-state index contributed by atoms with van der Waals surface area (Å²) in [6.45, 7) is 8.64. The molecular weight excluding hydrogens is 239 g/mol. The van der Waals surface area contributed by atoms with E-state index in [2.05, 4.69) is 32.4 Å². The van der Waals surface area contributed by atoms with E-state index in [-0.39, 0.29) is 0 Å². The molecule has 0 aliphatic rings. The minimum atomic E-state index is 0.468. The number of aromatic nitrogens is 1. The van der Waals surface area contributed by atoms with Crippen LogP contribution in [0.2, 0.25) is 0 Å². The first-order chi connectivity index (χ1) is 4.74. The predicted molar refractivity (Wildman–Crippen MR) is 48.0 cm³/mol. The molecule has 1 aromatic rings. The lowest BCUT2D eigenvalue weighted by molar-refractivity contribution is 1.23. The third-order valence-electron chi connectivity index (χ3n) is 1.14. The summed E-state index contributed by atoms with van der Waals surface area (Å²) in [7, 11) is 0. The van der Waals surface area contributed by atoms with E-state index in [0.717, 1.165) is 9.26 Å². The highest BCUT2D eigenvalue weighted by Gasteiger charge is 1.99. The maximum Gasteiger partial charge on any atom is 0.270 e. The Morgan fingerprint density at radius 2 is 2.30 bits per heavy atom. The van der Waals surface area contributed by atoms with E-state index in [1.165, 1.54) is 0 Å². The first kappa shape index (κ1) is 7.48. The largest absolute Gasteiger partial charge is 0.361 e. The molecule has 2 nitrogen and oxygen atoms in total.